The van der Waals surface area contributed by atoms with Gasteiger partial charge in [0.05, 0.1) is 0 Å². The molecule has 0 radical (unpaired) electrons. The van der Waals surface area contributed by atoms with Gasteiger partial charge in [0.1, 0.15) is 4.90 Å². The van der Waals surface area contributed by atoms with Crippen molar-refractivity contribution in [2.45, 2.75) is 57.5 Å². The Morgan fingerprint density at radius 3 is 2.71 bits per heavy atom. The highest BCUT2D eigenvalue weighted by atomic mass is 32.2. The number of nitrogens with one attached hydrogen (secondary N) is 2. The molecule has 2 rings (SSSR count). The molecule has 3 atom stereocenters. The Bertz CT molecular complexity index is 580. The zero-order valence-electron chi connectivity index (χ0n) is 13.3. The Kier molecular flexibility index (Phi) is 5.46. The monoisotopic (exact) mass is 330 g/mol. The van der Waals surface area contributed by atoms with E-state index in [9.17, 15) is 8.42 Å². The quantitative estimate of drug-likeness (QED) is 0.873. The summed E-state index contributed by atoms with van der Waals surface area (Å²) in [7, 11) is -1.60. The van der Waals surface area contributed by atoms with Gasteiger partial charge in [-0.15, -0.1) is 11.3 Å². The molecule has 0 aromatic carbocycles. The maximum atomic E-state index is 12.8. The zero-order valence-corrected chi connectivity index (χ0v) is 14.9. The second-order valence-electron chi connectivity index (χ2n) is 6.20. The van der Waals surface area contributed by atoms with Crippen LogP contribution in [0.2, 0.25) is 0 Å². The summed E-state index contributed by atoms with van der Waals surface area (Å²) in [6, 6.07) is 0.0560. The topological polar surface area (TPSA) is 58.2 Å². The van der Waals surface area contributed by atoms with Gasteiger partial charge in [0.25, 0.3) is 0 Å². The summed E-state index contributed by atoms with van der Waals surface area (Å²) in [6.45, 7) is 6.84. The van der Waals surface area contributed by atoms with Gasteiger partial charge in [-0.05, 0) is 43.2 Å². The molecule has 0 spiro atoms. The Morgan fingerprint density at radius 2 is 2.05 bits per heavy atom. The first-order valence-electron chi connectivity index (χ1n) is 7.60. The Balaban J connectivity index is 2.24. The van der Waals surface area contributed by atoms with Crippen LogP contribution < -0.4 is 10.0 Å². The lowest BCUT2D eigenvalue weighted by Gasteiger charge is -2.34. The van der Waals surface area contributed by atoms with Crippen molar-refractivity contribution < 1.29 is 8.42 Å². The molecule has 21 heavy (non-hydrogen) atoms. The number of thiophene rings is 1. The van der Waals surface area contributed by atoms with E-state index in [0.717, 1.165) is 23.3 Å². The van der Waals surface area contributed by atoms with Gasteiger partial charge in [0.2, 0.25) is 10.0 Å². The van der Waals surface area contributed by atoms with Crippen molar-refractivity contribution in [3.05, 3.63) is 15.8 Å². The van der Waals surface area contributed by atoms with Gasteiger partial charge in [-0.2, -0.15) is 0 Å². The minimum Gasteiger partial charge on any atom is -0.315 e. The van der Waals surface area contributed by atoms with Crippen molar-refractivity contribution in [1.82, 2.24) is 10.0 Å². The first-order chi connectivity index (χ1) is 9.86. The maximum absolute atomic E-state index is 12.8. The molecule has 4 nitrogen and oxygen atoms in total. The van der Waals surface area contributed by atoms with Crippen molar-refractivity contribution in [1.29, 1.82) is 0 Å². The van der Waals surface area contributed by atoms with E-state index in [1.54, 1.807) is 0 Å². The Labute approximate surface area is 132 Å². The molecular formula is C15H26N2O2S2. The number of aryl methyl sites for hydroxylation is 1. The van der Waals surface area contributed by atoms with Gasteiger partial charge in [-0.3, -0.25) is 0 Å². The van der Waals surface area contributed by atoms with Gasteiger partial charge in [-0.1, -0.05) is 26.7 Å². The first kappa shape index (κ1) is 16.9. The van der Waals surface area contributed by atoms with Crippen molar-refractivity contribution in [3.63, 3.8) is 0 Å². The van der Waals surface area contributed by atoms with E-state index < -0.39 is 10.0 Å². The predicted molar refractivity (Wildman–Crippen MR) is 88.1 cm³/mol. The normalized spacial score (nSPS) is 27.0. The summed E-state index contributed by atoms with van der Waals surface area (Å²) < 4.78 is 28.6. The highest BCUT2D eigenvalue weighted by molar-refractivity contribution is 7.89. The van der Waals surface area contributed by atoms with E-state index in [1.807, 2.05) is 19.4 Å². The van der Waals surface area contributed by atoms with E-state index in [-0.39, 0.29) is 6.04 Å². The molecule has 0 bridgehead atoms. The van der Waals surface area contributed by atoms with Crippen molar-refractivity contribution in [2.24, 2.45) is 11.8 Å². The van der Waals surface area contributed by atoms with Gasteiger partial charge in [0.15, 0.2) is 0 Å². The van der Waals surface area contributed by atoms with Gasteiger partial charge >= 0.3 is 0 Å². The molecule has 0 saturated heterocycles. The van der Waals surface area contributed by atoms with Crippen LogP contribution in [0.4, 0.5) is 0 Å². The minimum atomic E-state index is -3.44. The molecule has 2 N–H and O–H groups in total. The molecule has 0 aliphatic heterocycles. The third-order valence-corrected chi connectivity index (χ3v) is 7.56. The lowest BCUT2D eigenvalue weighted by atomic mass is 9.78. The van der Waals surface area contributed by atoms with Crippen LogP contribution in [0.15, 0.2) is 10.3 Å². The van der Waals surface area contributed by atoms with Crippen LogP contribution in [-0.4, -0.2) is 21.5 Å². The lowest BCUT2D eigenvalue weighted by Crippen LogP contribution is -2.43. The average molecular weight is 331 g/mol. The van der Waals surface area contributed by atoms with Gasteiger partial charge in [0, 0.05) is 17.5 Å². The summed E-state index contributed by atoms with van der Waals surface area (Å²) >= 11 is 1.51. The molecule has 1 fully saturated rings. The molecule has 1 aromatic heterocycles. The highest BCUT2D eigenvalue weighted by Crippen LogP contribution is 2.32. The van der Waals surface area contributed by atoms with E-state index in [1.165, 1.54) is 17.8 Å². The molecular weight excluding hydrogens is 304 g/mol. The third kappa shape index (κ3) is 3.67. The highest BCUT2D eigenvalue weighted by Gasteiger charge is 2.32. The second kappa shape index (κ2) is 6.77. The van der Waals surface area contributed by atoms with Crippen molar-refractivity contribution >= 4 is 21.4 Å². The van der Waals surface area contributed by atoms with E-state index in [4.69, 9.17) is 0 Å². The minimum absolute atomic E-state index is 0.0560. The molecule has 1 aliphatic carbocycles. The smallest absolute Gasteiger partial charge is 0.242 e. The van der Waals surface area contributed by atoms with Gasteiger partial charge < -0.3 is 5.32 Å². The van der Waals surface area contributed by atoms with Gasteiger partial charge in [-0.25, -0.2) is 13.1 Å². The number of hydrogen-bond acceptors (Lipinski definition) is 4. The van der Waals surface area contributed by atoms with Crippen LogP contribution in [0.1, 0.15) is 43.6 Å². The standard InChI is InChI=1S/C15H26N2O2S2/c1-10-6-5-7-13(12(10)3)17-21(18,19)15-11(2)9-20-14(15)8-16-4/h9-10,12-13,16-17H,5-8H2,1-4H3. The molecule has 6 heteroatoms. The Morgan fingerprint density at radius 1 is 1.33 bits per heavy atom. The zero-order chi connectivity index (χ0) is 15.6. The fourth-order valence-electron chi connectivity index (χ4n) is 3.14. The fraction of sp³-hybridized carbons (Fsp3) is 0.733. The number of sulfonamides is 1. The SMILES string of the molecule is CNCc1scc(C)c1S(=O)(=O)NC1CCCC(C)C1C. The van der Waals surface area contributed by atoms with Crippen LogP contribution in [-0.2, 0) is 16.6 Å². The molecule has 1 aromatic rings. The summed E-state index contributed by atoms with van der Waals surface area (Å²) in [5.41, 5.74) is 0.842. The van der Waals surface area contributed by atoms with E-state index >= 15 is 0 Å². The molecule has 1 saturated carbocycles. The fourth-order valence-corrected chi connectivity index (χ4v) is 6.32. The molecule has 1 heterocycles. The Hall–Kier alpha value is -0.430. The van der Waals surface area contributed by atoms with Crippen molar-refractivity contribution in [2.75, 3.05) is 7.05 Å². The summed E-state index contributed by atoms with van der Waals surface area (Å²) in [5, 5.41) is 4.97. The lowest BCUT2D eigenvalue weighted by molar-refractivity contribution is 0.227. The molecule has 1 aliphatic rings. The van der Waals surface area contributed by atoms with Crippen LogP contribution in [0.25, 0.3) is 0 Å². The van der Waals surface area contributed by atoms with Crippen LogP contribution >= 0.6 is 11.3 Å². The summed E-state index contributed by atoms with van der Waals surface area (Å²) in [4.78, 5) is 1.37. The number of rotatable bonds is 5. The van der Waals surface area contributed by atoms with Crippen LogP contribution in [0.5, 0.6) is 0 Å². The summed E-state index contributed by atoms with van der Waals surface area (Å²) in [5.74, 6) is 0.965. The predicted octanol–water partition coefficient (Wildman–Crippen LogP) is 2.88. The summed E-state index contributed by atoms with van der Waals surface area (Å²) in [6.07, 6.45) is 3.24. The first-order valence-corrected chi connectivity index (χ1v) is 9.97. The van der Waals surface area contributed by atoms with Crippen LogP contribution in [0, 0.1) is 18.8 Å². The van der Waals surface area contributed by atoms with Crippen LogP contribution in [0.3, 0.4) is 0 Å². The number of hydrogen-bond donors (Lipinski definition) is 2. The van der Waals surface area contributed by atoms with E-state index in [0.29, 0.717) is 23.3 Å². The average Bonchev–Trinajstić information content (AvgIpc) is 2.77. The second-order valence-corrected chi connectivity index (χ2v) is 8.81. The maximum Gasteiger partial charge on any atom is 0.242 e. The molecule has 120 valence electrons. The molecule has 0 amide bonds. The van der Waals surface area contributed by atoms with E-state index in [2.05, 4.69) is 23.9 Å². The van der Waals surface area contributed by atoms with Crippen molar-refractivity contribution in [3.8, 4) is 0 Å². The largest absolute Gasteiger partial charge is 0.315 e. The molecule has 3 unspecified atom stereocenters. The third-order valence-electron chi connectivity index (χ3n) is 4.61.